The number of rotatable bonds is 7. The molecule has 0 aliphatic rings. The number of hydrogen-bond donors (Lipinski definition) is 1. The van der Waals surface area contributed by atoms with Crippen molar-refractivity contribution in [1.29, 1.82) is 0 Å². The number of hydrogen-bond acceptors (Lipinski definition) is 3. The van der Waals surface area contributed by atoms with Gasteiger partial charge in [0.2, 0.25) is 0 Å². The average Bonchev–Trinajstić information content (AvgIpc) is 2.80. The van der Waals surface area contributed by atoms with Crippen LogP contribution in [0.1, 0.15) is 38.1 Å². The van der Waals surface area contributed by atoms with Crippen LogP contribution in [0.4, 0.5) is 4.39 Å². The second-order valence-corrected chi connectivity index (χ2v) is 5.98. The zero-order valence-electron chi connectivity index (χ0n) is 12.1. The van der Waals surface area contributed by atoms with Gasteiger partial charge >= 0.3 is 0 Å². The Kier molecular flexibility index (Phi) is 5.43. The lowest BCUT2D eigenvalue weighted by molar-refractivity contribution is 0.562. The minimum Gasteiger partial charge on any atom is -0.327 e. The summed E-state index contributed by atoms with van der Waals surface area (Å²) in [6.07, 6.45) is 5.15. The normalized spacial score (nSPS) is 13.0. The molecular formula is C15H22FN3S. The standard InChI is InChI=1S/C15H22FN3S/c1-3-4-8-19-14-6-5-11(16)10-13(14)18-15(19)12(17)7-9-20-2/h5-6,10,12H,3-4,7-9,17H2,1-2H3. The van der Waals surface area contributed by atoms with Crippen LogP contribution in [0.5, 0.6) is 0 Å². The lowest BCUT2D eigenvalue weighted by Gasteiger charge is -2.14. The topological polar surface area (TPSA) is 43.8 Å². The summed E-state index contributed by atoms with van der Waals surface area (Å²) in [7, 11) is 0. The number of benzene rings is 1. The van der Waals surface area contributed by atoms with E-state index < -0.39 is 0 Å². The van der Waals surface area contributed by atoms with E-state index in [9.17, 15) is 4.39 Å². The molecule has 1 atom stereocenters. The number of imidazole rings is 1. The number of fused-ring (bicyclic) bond motifs is 1. The van der Waals surface area contributed by atoms with E-state index in [4.69, 9.17) is 5.73 Å². The largest absolute Gasteiger partial charge is 0.327 e. The first-order valence-electron chi connectivity index (χ1n) is 7.07. The molecule has 3 nitrogen and oxygen atoms in total. The maximum atomic E-state index is 13.3. The van der Waals surface area contributed by atoms with Crippen molar-refractivity contribution in [3.63, 3.8) is 0 Å². The fourth-order valence-electron chi connectivity index (χ4n) is 2.33. The Morgan fingerprint density at radius 3 is 2.95 bits per heavy atom. The Morgan fingerprint density at radius 1 is 1.45 bits per heavy atom. The van der Waals surface area contributed by atoms with Crippen molar-refractivity contribution >= 4 is 22.8 Å². The third kappa shape index (κ3) is 3.33. The van der Waals surface area contributed by atoms with Crippen LogP contribution < -0.4 is 5.73 Å². The first kappa shape index (κ1) is 15.3. The SMILES string of the molecule is CCCCn1c(C(N)CCSC)nc2cc(F)ccc21. The molecule has 1 aromatic carbocycles. The smallest absolute Gasteiger partial charge is 0.126 e. The van der Waals surface area contributed by atoms with Crippen LogP contribution >= 0.6 is 11.8 Å². The van der Waals surface area contributed by atoms with Crippen LogP contribution in [0, 0.1) is 5.82 Å². The maximum absolute atomic E-state index is 13.3. The van der Waals surface area contributed by atoms with Gasteiger partial charge in [0.1, 0.15) is 11.6 Å². The fraction of sp³-hybridized carbons (Fsp3) is 0.533. The third-order valence-corrected chi connectivity index (χ3v) is 4.08. The van der Waals surface area contributed by atoms with E-state index >= 15 is 0 Å². The molecule has 20 heavy (non-hydrogen) atoms. The number of aryl methyl sites for hydroxylation is 1. The highest BCUT2D eigenvalue weighted by atomic mass is 32.2. The highest BCUT2D eigenvalue weighted by molar-refractivity contribution is 7.98. The molecule has 0 aliphatic heterocycles. The van der Waals surface area contributed by atoms with Gasteiger partial charge < -0.3 is 10.3 Å². The molecule has 0 saturated heterocycles. The zero-order valence-corrected chi connectivity index (χ0v) is 12.9. The summed E-state index contributed by atoms with van der Waals surface area (Å²) in [6.45, 7) is 3.05. The van der Waals surface area contributed by atoms with Gasteiger partial charge in [0.05, 0.1) is 17.1 Å². The zero-order chi connectivity index (χ0) is 14.5. The van der Waals surface area contributed by atoms with Crippen LogP contribution in [0.2, 0.25) is 0 Å². The first-order chi connectivity index (χ1) is 9.67. The van der Waals surface area contributed by atoms with E-state index in [2.05, 4.69) is 22.7 Å². The van der Waals surface area contributed by atoms with Crippen molar-refractivity contribution in [2.24, 2.45) is 5.73 Å². The van der Waals surface area contributed by atoms with E-state index in [-0.39, 0.29) is 11.9 Å². The number of nitrogens with zero attached hydrogens (tertiary/aromatic N) is 2. The van der Waals surface area contributed by atoms with Crippen molar-refractivity contribution in [2.75, 3.05) is 12.0 Å². The van der Waals surface area contributed by atoms with Crippen molar-refractivity contribution in [3.8, 4) is 0 Å². The summed E-state index contributed by atoms with van der Waals surface area (Å²) >= 11 is 1.78. The summed E-state index contributed by atoms with van der Waals surface area (Å²) in [5.41, 5.74) is 7.95. The lowest BCUT2D eigenvalue weighted by atomic mass is 10.2. The molecule has 2 N–H and O–H groups in total. The molecule has 1 unspecified atom stereocenters. The number of unbranched alkanes of at least 4 members (excludes halogenated alkanes) is 1. The molecule has 0 radical (unpaired) electrons. The molecule has 2 aromatic rings. The second kappa shape index (κ2) is 7.09. The van der Waals surface area contributed by atoms with Crippen LogP contribution in [0.15, 0.2) is 18.2 Å². The van der Waals surface area contributed by atoms with Gasteiger partial charge in [-0.2, -0.15) is 11.8 Å². The fourth-order valence-corrected chi connectivity index (χ4v) is 2.82. The maximum Gasteiger partial charge on any atom is 0.126 e. The summed E-state index contributed by atoms with van der Waals surface area (Å²) < 4.78 is 15.5. The molecule has 0 aliphatic carbocycles. The number of halogens is 1. The monoisotopic (exact) mass is 295 g/mol. The van der Waals surface area contributed by atoms with Crippen LogP contribution in [-0.4, -0.2) is 21.6 Å². The quantitative estimate of drug-likeness (QED) is 0.846. The predicted octanol–water partition coefficient (Wildman–Crippen LogP) is 3.73. The van der Waals surface area contributed by atoms with Gasteiger partial charge in [0.15, 0.2) is 0 Å². The van der Waals surface area contributed by atoms with Crippen LogP contribution in [0.25, 0.3) is 11.0 Å². The molecule has 1 heterocycles. The summed E-state index contributed by atoms with van der Waals surface area (Å²) in [4.78, 5) is 4.57. The molecule has 0 saturated carbocycles. The molecule has 0 amide bonds. The molecular weight excluding hydrogens is 273 g/mol. The van der Waals surface area contributed by atoms with Gasteiger partial charge in [-0.15, -0.1) is 0 Å². The van der Waals surface area contributed by atoms with E-state index in [1.54, 1.807) is 17.8 Å². The van der Waals surface area contributed by atoms with Gasteiger partial charge in [0, 0.05) is 12.6 Å². The molecule has 110 valence electrons. The van der Waals surface area contributed by atoms with Gasteiger partial charge in [-0.25, -0.2) is 9.37 Å². The first-order valence-corrected chi connectivity index (χ1v) is 8.47. The second-order valence-electron chi connectivity index (χ2n) is 5.00. The molecule has 0 spiro atoms. The van der Waals surface area contributed by atoms with Crippen molar-refractivity contribution in [1.82, 2.24) is 9.55 Å². The van der Waals surface area contributed by atoms with Gasteiger partial charge in [0.25, 0.3) is 0 Å². The summed E-state index contributed by atoms with van der Waals surface area (Å²) in [5.74, 6) is 1.64. The Hall–Kier alpha value is -1.07. The van der Waals surface area contributed by atoms with Crippen LogP contribution in [0.3, 0.4) is 0 Å². The van der Waals surface area contributed by atoms with Crippen molar-refractivity contribution in [3.05, 3.63) is 29.8 Å². The number of aromatic nitrogens is 2. The van der Waals surface area contributed by atoms with E-state index in [0.717, 1.165) is 42.9 Å². The van der Waals surface area contributed by atoms with Crippen molar-refractivity contribution < 1.29 is 4.39 Å². The Morgan fingerprint density at radius 2 is 2.25 bits per heavy atom. The van der Waals surface area contributed by atoms with E-state index in [0.29, 0.717) is 5.52 Å². The minimum atomic E-state index is -0.248. The molecule has 1 aromatic heterocycles. The van der Waals surface area contributed by atoms with Gasteiger partial charge in [-0.1, -0.05) is 13.3 Å². The van der Waals surface area contributed by atoms with Crippen molar-refractivity contribution in [2.45, 2.75) is 38.8 Å². The van der Waals surface area contributed by atoms with Gasteiger partial charge in [-0.3, -0.25) is 0 Å². The molecule has 5 heteroatoms. The molecule has 0 fully saturated rings. The summed E-state index contributed by atoms with van der Waals surface area (Å²) in [5, 5.41) is 0. The minimum absolute atomic E-state index is 0.0882. The molecule has 0 bridgehead atoms. The van der Waals surface area contributed by atoms with Crippen LogP contribution in [-0.2, 0) is 6.54 Å². The Labute approximate surface area is 123 Å². The predicted molar refractivity (Wildman–Crippen MR) is 84.5 cm³/mol. The Balaban J connectivity index is 2.39. The Bertz CT molecular complexity index is 567. The highest BCUT2D eigenvalue weighted by Crippen LogP contribution is 2.23. The summed E-state index contributed by atoms with van der Waals surface area (Å²) in [6, 6.07) is 4.69. The molecule has 2 rings (SSSR count). The third-order valence-electron chi connectivity index (χ3n) is 3.44. The van der Waals surface area contributed by atoms with Gasteiger partial charge in [-0.05, 0) is 37.0 Å². The van der Waals surface area contributed by atoms with E-state index in [1.807, 2.05) is 0 Å². The van der Waals surface area contributed by atoms with E-state index in [1.165, 1.54) is 12.1 Å². The highest BCUT2D eigenvalue weighted by Gasteiger charge is 2.16. The number of thioether (sulfide) groups is 1. The average molecular weight is 295 g/mol. The lowest BCUT2D eigenvalue weighted by Crippen LogP contribution is -2.17. The number of nitrogens with two attached hydrogens (primary N) is 1.